The van der Waals surface area contributed by atoms with Crippen LogP contribution in [-0.2, 0) is 17.9 Å². The highest BCUT2D eigenvalue weighted by molar-refractivity contribution is 5.79. The minimum atomic E-state index is 0.0664. The van der Waals surface area contributed by atoms with Crippen molar-refractivity contribution in [1.29, 1.82) is 0 Å². The topological polar surface area (TPSA) is 85.8 Å². The summed E-state index contributed by atoms with van der Waals surface area (Å²) < 4.78 is 1.93. The molecule has 0 radical (unpaired) electrons. The van der Waals surface area contributed by atoms with E-state index in [1.165, 1.54) is 6.42 Å². The van der Waals surface area contributed by atoms with E-state index in [0.717, 1.165) is 31.6 Å². The normalized spacial score (nSPS) is 23.3. The van der Waals surface area contributed by atoms with Crippen LogP contribution >= 0.6 is 0 Å². The number of hydrogen-bond donors (Lipinski definition) is 2. The van der Waals surface area contributed by atoms with Gasteiger partial charge in [0.1, 0.15) is 6.33 Å². The van der Waals surface area contributed by atoms with Gasteiger partial charge in [-0.1, -0.05) is 12.8 Å². The lowest BCUT2D eigenvalue weighted by atomic mass is 9.79. The molecule has 1 amide bonds. The molecule has 1 aromatic heterocycles. The molecule has 0 aromatic carbocycles. The number of aromatic nitrogens is 3. The fourth-order valence-corrected chi connectivity index (χ4v) is 2.81. The molecule has 2 rings (SSSR count). The van der Waals surface area contributed by atoms with Gasteiger partial charge in [-0.3, -0.25) is 4.79 Å². The highest BCUT2D eigenvalue weighted by atomic mass is 16.1. The zero-order valence-electron chi connectivity index (χ0n) is 11.5. The Hall–Kier alpha value is -1.43. The summed E-state index contributed by atoms with van der Waals surface area (Å²) >= 11 is 0. The number of rotatable bonds is 5. The Balaban J connectivity index is 1.90. The largest absolute Gasteiger partial charge is 0.349 e. The molecule has 0 bridgehead atoms. The van der Waals surface area contributed by atoms with Crippen molar-refractivity contribution in [3.8, 4) is 0 Å². The lowest BCUT2D eigenvalue weighted by Gasteiger charge is -2.29. The summed E-state index contributed by atoms with van der Waals surface area (Å²) in [5, 5.41) is 10.8. The molecule has 0 spiro atoms. The summed E-state index contributed by atoms with van der Waals surface area (Å²) in [5.74, 6) is 1.31. The highest BCUT2D eigenvalue weighted by Gasteiger charge is 2.29. The van der Waals surface area contributed by atoms with Crippen molar-refractivity contribution in [3.63, 3.8) is 0 Å². The summed E-state index contributed by atoms with van der Waals surface area (Å²) in [5.41, 5.74) is 5.76. The summed E-state index contributed by atoms with van der Waals surface area (Å²) in [6.45, 7) is 3.89. The second-order valence-corrected chi connectivity index (χ2v) is 5.14. The van der Waals surface area contributed by atoms with Crippen LogP contribution in [-0.4, -0.2) is 27.2 Å². The van der Waals surface area contributed by atoms with Gasteiger partial charge in [0.05, 0.1) is 6.54 Å². The summed E-state index contributed by atoms with van der Waals surface area (Å²) in [7, 11) is 0. The van der Waals surface area contributed by atoms with Gasteiger partial charge in [-0.2, -0.15) is 0 Å². The van der Waals surface area contributed by atoms with Gasteiger partial charge in [-0.25, -0.2) is 0 Å². The van der Waals surface area contributed by atoms with Crippen molar-refractivity contribution in [2.45, 2.75) is 45.7 Å². The predicted octanol–water partition coefficient (Wildman–Crippen LogP) is 0.679. The van der Waals surface area contributed by atoms with Crippen molar-refractivity contribution < 1.29 is 4.79 Å². The number of nitrogens with zero attached hydrogens (tertiary/aromatic N) is 3. The van der Waals surface area contributed by atoms with E-state index in [9.17, 15) is 4.79 Å². The number of aryl methyl sites for hydroxylation is 1. The van der Waals surface area contributed by atoms with Crippen LogP contribution in [0.25, 0.3) is 0 Å². The maximum absolute atomic E-state index is 12.2. The first-order valence-electron chi connectivity index (χ1n) is 7.10. The van der Waals surface area contributed by atoms with Gasteiger partial charge in [-0.05, 0) is 32.2 Å². The summed E-state index contributed by atoms with van der Waals surface area (Å²) in [4.78, 5) is 12.2. The van der Waals surface area contributed by atoms with Gasteiger partial charge < -0.3 is 15.6 Å². The van der Waals surface area contributed by atoms with E-state index in [4.69, 9.17) is 5.73 Å². The molecule has 1 aliphatic rings. The van der Waals surface area contributed by atoms with Crippen LogP contribution in [0, 0.1) is 11.8 Å². The Labute approximate surface area is 113 Å². The van der Waals surface area contributed by atoms with E-state index in [-0.39, 0.29) is 11.8 Å². The van der Waals surface area contributed by atoms with Crippen LogP contribution < -0.4 is 11.1 Å². The standard InChI is InChI=1S/C13H23N5O/c1-2-18-9-16-17-12(18)8-15-13(19)11-6-4-3-5-10(11)7-14/h9-11H,2-8,14H2,1H3,(H,15,19). The number of hydrogen-bond acceptors (Lipinski definition) is 4. The molecule has 19 heavy (non-hydrogen) atoms. The molecule has 2 atom stereocenters. The van der Waals surface area contributed by atoms with Gasteiger partial charge in [0.15, 0.2) is 5.82 Å². The molecule has 0 saturated heterocycles. The van der Waals surface area contributed by atoms with E-state index in [1.807, 2.05) is 11.5 Å². The van der Waals surface area contributed by atoms with Crippen LogP contribution in [0.2, 0.25) is 0 Å². The van der Waals surface area contributed by atoms with Crippen molar-refractivity contribution in [1.82, 2.24) is 20.1 Å². The smallest absolute Gasteiger partial charge is 0.223 e. The second-order valence-electron chi connectivity index (χ2n) is 5.14. The van der Waals surface area contributed by atoms with E-state index in [2.05, 4.69) is 15.5 Å². The number of amides is 1. The summed E-state index contributed by atoms with van der Waals surface area (Å²) in [6.07, 6.45) is 6.02. The molecular weight excluding hydrogens is 242 g/mol. The Morgan fingerprint density at radius 2 is 2.32 bits per heavy atom. The summed E-state index contributed by atoms with van der Waals surface area (Å²) in [6, 6.07) is 0. The maximum Gasteiger partial charge on any atom is 0.223 e. The van der Waals surface area contributed by atoms with Crippen molar-refractivity contribution in [3.05, 3.63) is 12.2 Å². The SMILES string of the molecule is CCn1cnnc1CNC(=O)C1CCCCC1CN. The molecule has 3 N–H and O–H groups in total. The Bertz CT molecular complexity index is 417. The average Bonchev–Trinajstić information content (AvgIpc) is 2.92. The molecule has 1 heterocycles. The molecule has 6 nitrogen and oxygen atoms in total. The lowest BCUT2D eigenvalue weighted by Crippen LogP contribution is -2.39. The first-order chi connectivity index (χ1) is 9.26. The van der Waals surface area contributed by atoms with Crippen LogP contribution in [0.1, 0.15) is 38.4 Å². The van der Waals surface area contributed by atoms with Gasteiger partial charge in [0, 0.05) is 12.5 Å². The second kappa shape index (κ2) is 6.65. The minimum Gasteiger partial charge on any atom is -0.349 e. The van der Waals surface area contributed by atoms with E-state index < -0.39 is 0 Å². The van der Waals surface area contributed by atoms with E-state index in [1.54, 1.807) is 6.33 Å². The Morgan fingerprint density at radius 1 is 1.53 bits per heavy atom. The van der Waals surface area contributed by atoms with Crippen LogP contribution in [0.15, 0.2) is 6.33 Å². The van der Waals surface area contributed by atoms with Crippen molar-refractivity contribution in [2.75, 3.05) is 6.54 Å². The molecule has 1 aliphatic carbocycles. The zero-order valence-corrected chi connectivity index (χ0v) is 11.5. The third-order valence-electron chi connectivity index (χ3n) is 4.01. The molecule has 1 aromatic rings. The monoisotopic (exact) mass is 265 g/mol. The first kappa shape index (κ1) is 14.0. The minimum absolute atomic E-state index is 0.0664. The van der Waals surface area contributed by atoms with Crippen molar-refractivity contribution in [2.24, 2.45) is 17.6 Å². The Kier molecular flexibility index (Phi) is 4.90. The van der Waals surface area contributed by atoms with Crippen molar-refractivity contribution >= 4 is 5.91 Å². The molecule has 0 aliphatic heterocycles. The van der Waals surface area contributed by atoms with Gasteiger partial charge >= 0.3 is 0 Å². The molecule has 1 saturated carbocycles. The van der Waals surface area contributed by atoms with Crippen LogP contribution in [0.5, 0.6) is 0 Å². The third kappa shape index (κ3) is 3.32. The van der Waals surface area contributed by atoms with Gasteiger partial charge in [0.2, 0.25) is 5.91 Å². The number of nitrogens with one attached hydrogen (secondary N) is 1. The predicted molar refractivity (Wildman–Crippen MR) is 72.0 cm³/mol. The fraction of sp³-hybridized carbons (Fsp3) is 0.769. The highest BCUT2D eigenvalue weighted by Crippen LogP contribution is 2.29. The van der Waals surface area contributed by atoms with Gasteiger partial charge in [0.25, 0.3) is 0 Å². The molecule has 2 unspecified atom stereocenters. The van der Waals surface area contributed by atoms with Crippen LogP contribution in [0.3, 0.4) is 0 Å². The first-order valence-corrected chi connectivity index (χ1v) is 7.10. The fourth-order valence-electron chi connectivity index (χ4n) is 2.81. The zero-order chi connectivity index (χ0) is 13.7. The third-order valence-corrected chi connectivity index (χ3v) is 4.01. The number of nitrogens with two attached hydrogens (primary N) is 1. The number of carbonyl (C=O) groups excluding carboxylic acids is 1. The average molecular weight is 265 g/mol. The molecule has 106 valence electrons. The quantitative estimate of drug-likeness (QED) is 0.819. The number of carbonyl (C=O) groups is 1. The van der Waals surface area contributed by atoms with Gasteiger partial charge in [-0.15, -0.1) is 10.2 Å². The lowest BCUT2D eigenvalue weighted by molar-refractivity contribution is -0.127. The molecular formula is C13H23N5O. The molecule has 1 fully saturated rings. The molecule has 6 heteroatoms. The van der Waals surface area contributed by atoms with E-state index in [0.29, 0.717) is 19.0 Å². The van der Waals surface area contributed by atoms with Crippen LogP contribution in [0.4, 0.5) is 0 Å². The Morgan fingerprint density at radius 3 is 3.05 bits per heavy atom. The van der Waals surface area contributed by atoms with E-state index >= 15 is 0 Å². The maximum atomic E-state index is 12.2.